The van der Waals surface area contributed by atoms with Gasteiger partial charge in [-0.05, 0) is 38.1 Å². The van der Waals surface area contributed by atoms with Gasteiger partial charge in [0.25, 0.3) is 0 Å². The largest absolute Gasteiger partial charge is 0.222 e. The topological polar surface area (TPSA) is 34.1 Å². The van der Waals surface area contributed by atoms with E-state index in [4.69, 9.17) is 0 Å². The highest BCUT2D eigenvalue weighted by Gasteiger charge is 2.25. The molecule has 0 amide bonds. The van der Waals surface area contributed by atoms with Crippen molar-refractivity contribution >= 4 is 21.6 Å². The zero-order valence-electron chi connectivity index (χ0n) is 12.1. The first-order valence-corrected chi connectivity index (χ1v) is 9.02. The summed E-state index contributed by atoms with van der Waals surface area (Å²) in [5.74, 6) is 0. The molecule has 0 aliphatic heterocycles. The molecule has 2 aromatic rings. The Morgan fingerprint density at radius 2 is 1.43 bits per heavy atom. The van der Waals surface area contributed by atoms with Gasteiger partial charge in [0, 0.05) is 4.90 Å². The molecule has 1 unspecified atom stereocenters. The molecule has 2 nitrogen and oxygen atoms in total. The monoisotopic (exact) mass is 318 g/mol. The Hall–Kier alpha value is -1.52. The highest BCUT2D eigenvalue weighted by molar-refractivity contribution is 8.13. The standard InChI is InChI=1S/C17H18O2S2/c1-4-17(20-15-9-5-13(2)6-10-15)21(18,19)16-11-7-14(3)8-12-16/h4-12,17H,1H2,2-3H3. The summed E-state index contributed by atoms with van der Waals surface area (Å²) < 4.78 is 24.6. The summed E-state index contributed by atoms with van der Waals surface area (Å²) in [6.45, 7) is 7.62. The first-order valence-electron chi connectivity index (χ1n) is 6.60. The molecule has 0 radical (unpaired) electrons. The van der Waals surface area contributed by atoms with Crippen LogP contribution < -0.4 is 0 Å². The van der Waals surface area contributed by atoms with Gasteiger partial charge in [-0.15, -0.1) is 18.3 Å². The van der Waals surface area contributed by atoms with Crippen LogP contribution in [-0.2, 0) is 9.84 Å². The number of benzene rings is 2. The molecule has 4 heteroatoms. The smallest absolute Gasteiger partial charge is 0.194 e. The average Bonchev–Trinajstić information content (AvgIpc) is 2.47. The molecule has 21 heavy (non-hydrogen) atoms. The van der Waals surface area contributed by atoms with Gasteiger partial charge in [-0.2, -0.15) is 0 Å². The third-order valence-corrected chi connectivity index (χ3v) is 6.87. The van der Waals surface area contributed by atoms with Crippen molar-refractivity contribution in [2.24, 2.45) is 0 Å². The highest BCUT2D eigenvalue weighted by atomic mass is 32.3. The molecule has 0 fully saturated rings. The third kappa shape index (κ3) is 3.77. The van der Waals surface area contributed by atoms with Gasteiger partial charge in [-0.25, -0.2) is 8.42 Å². The molecule has 1 atom stereocenters. The summed E-state index contributed by atoms with van der Waals surface area (Å²) in [6.07, 6.45) is 1.49. The zero-order chi connectivity index (χ0) is 15.5. The second kappa shape index (κ2) is 6.50. The average molecular weight is 318 g/mol. The van der Waals surface area contributed by atoms with Crippen molar-refractivity contribution in [3.05, 3.63) is 72.3 Å². The van der Waals surface area contributed by atoms with E-state index in [2.05, 4.69) is 6.58 Å². The van der Waals surface area contributed by atoms with E-state index in [1.54, 1.807) is 12.1 Å². The van der Waals surface area contributed by atoms with Gasteiger partial charge in [0.05, 0.1) is 4.90 Å². The number of thioether (sulfide) groups is 1. The van der Waals surface area contributed by atoms with E-state index >= 15 is 0 Å². The quantitative estimate of drug-likeness (QED) is 0.606. The molecule has 0 heterocycles. The maximum absolute atomic E-state index is 12.7. The van der Waals surface area contributed by atoms with Crippen LogP contribution >= 0.6 is 11.8 Å². The summed E-state index contributed by atoms with van der Waals surface area (Å²) >= 11 is 1.30. The van der Waals surface area contributed by atoms with E-state index in [0.29, 0.717) is 4.90 Å². The van der Waals surface area contributed by atoms with Crippen molar-refractivity contribution in [3.63, 3.8) is 0 Å². The van der Waals surface area contributed by atoms with E-state index in [1.165, 1.54) is 17.8 Å². The normalized spacial score (nSPS) is 12.9. The predicted octanol–water partition coefficient (Wildman–Crippen LogP) is 4.38. The lowest BCUT2D eigenvalue weighted by atomic mass is 10.2. The van der Waals surface area contributed by atoms with Crippen LogP contribution in [-0.4, -0.2) is 13.0 Å². The second-order valence-corrected chi connectivity index (χ2v) is 8.48. The van der Waals surface area contributed by atoms with Crippen LogP contribution in [0.1, 0.15) is 11.1 Å². The Morgan fingerprint density at radius 3 is 1.90 bits per heavy atom. The molecule has 0 saturated carbocycles. The minimum atomic E-state index is -3.43. The number of rotatable bonds is 5. The van der Waals surface area contributed by atoms with E-state index in [9.17, 15) is 8.42 Å². The fraction of sp³-hybridized carbons (Fsp3) is 0.176. The maximum Gasteiger partial charge on any atom is 0.194 e. The van der Waals surface area contributed by atoms with Crippen LogP contribution in [0.3, 0.4) is 0 Å². The molecule has 0 aliphatic carbocycles. The van der Waals surface area contributed by atoms with Crippen molar-refractivity contribution in [2.45, 2.75) is 28.2 Å². The van der Waals surface area contributed by atoms with Crippen LogP contribution in [0.2, 0.25) is 0 Å². The lowest BCUT2D eigenvalue weighted by Crippen LogP contribution is -2.15. The summed E-state index contributed by atoms with van der Waals surface area (Å²) in [5.41, 5.74) is 2.19. The summed E-state index contributed by atoms with van der Waals surface area (Å²) in [5, 5.41) is 0. The van der Waals surface area contributed by atoms with Crippen molar-refractivity contribution in [1.82, 2.24) is 0 Å². The zero-order valence-corrected chi connectivity index (χ0v) is 13.7. The molecule has 0 aromatic heterocycles. The lowest BCUT2D eigenvalue weighted by Gasteiger charge is -2.14. The first kappa shape index (κ1) is 15.9. The van der Waals surface area contributed by atoms with Crippen LogP contribution in [0.5, 0.6) is 0 Å². The lowest BCUT2D eigenvalue weighted by molar-refractivity contribution is 0.597. The minimum absolute atomic E-state index is 0.331. The van der Waals surface area contributed by atoms with Gasteiger partial charge in [0.2, 0.25) is 0 Å². The first-order chi connectivity index (χ1) is 9.93. The molecule has 2 aromatic carbocycles. The molecule has 0 aliphatic rings. The Balaban J connectivity index is 2.29. The van der Waals surface area contributed by atoms with Gasteiger partial charge in [0.15, 0.2) is 9.84 Å². The van der Waals surface area contributed by atoms with E-state index in [-0.39, 0.29) is 0 Å². The summed E-state index contributed by atoms with van der Waals surface area (Å²) in [7, 11) is -3.43. The second-order valence-electron chi connectivity index (χ2n) is 4.89. The van der Waals surface area contributed by atoms with Crippen molar-refractivity contribution in [3.8, 4) is 0 Å². The van der Waals surface area contributed by atoms with Crippen LogP contribution in [0.4, 0.5) is 0 Å². The SMILES string of the molecule is C=CC(Sc1ccc(C)cc1)S(=O)(=O)c1ccc(C)cc1. The van der Waals surface area contributed by atoms with Gasteiger partial charge in [-0.1, -0.05) is 41.5 Å². The van der Waals surface area contributed by atoms with Crippen molar-refractivity contribution in [1.29, 1.82) is 0 Å². The molecular weight excluding hydrogens is 300 g/mol. The third-order valence-electron chi connectivity index (χ3n) is 3.12. The molecule has 0 saturated heterocycles. The van der Waals surface area contributed by atoms with Crippen LogP contribution in [0.15, 0.2) is 71.0 Å². The molecule has 2 rings (SSSR count). The van der Waals surface area contributed by atoms with Gasteiger partial charge >= 0.3 is 0 Å². The Morgan fingerprint density at radius 1 is 0.952 bits per heavy atom. The fourth-order valence-corrected chi connectivity index (χ4v) is 4.72. The molecule has 0 spiro atoms. The predicted molar refractivity (Wildman–Crippen MR) is 89.4 cm³/mol. The summed E-state index contributed by atoms with van der Waals surface area (Å²) in [6, 6.07) is 14.7. The van der Waals surface area contributed by atoms with E-state index < -0.39 is 14.4 Å². The van der Waals surface area contributed by atoms with Crippen LogP contribution in [0.25, 0.3) is 0 Å². The van der Waals surface area contributed by atoms with E-state index in [0.717, 1.165) is 16.0 Å². The Labute approximate surface area is 130 Å². The molecule has 110 valence electrons. The van der Waals surface area contributed by atoms with Crippen molar-refractivity contribution < 1.29 is 8.42 Å². The highest BCUT2D eigenvalue weighted by Crippen LogP contribution is 2.31. The van der Waals surface area contributed by atoms with Gasteiger partial charge < -0.3 is 0 Å². The number of sulfone groups is 1. The molecule has 0 N–H and O–H groups in total. The number of hydrogen-bond donors (Lipinski definition) is 0. The van der Waals surface area contributed by atoms with Gasteiger partial charge in [0.1, 0.15) is 4.58 Å². The Bertz CT molecular complexity index is 714. The van der Waals surface area contributed by atoms with E-state index in [1.807, 2.05) is 50.2 Å². The molecular formula is C17H18O2S2. The summed E-state index contributed by atoms with van der Waals surface area (Å²) in [4.78, 5) is 1.25. The molecule has 0 bridgehead atoms. The maximum atomic E-state index is 12.7. The number of aryl methyl sites for hydroxylation is 2. The van der Waals surface area contributed by atoms with Gasteiger partial charge in [-0.3, -0.25) is 0 Å². The Kier molecular flexibility index (Phi) is 4.91. The number of hydrogen-bond acceptors (Lipinski definition) is 3. The minimum Gasteiger partial charge on any atom is -0.222 e. The fourth-order valence-electron chi connectivity index (χ4n) is 1.85. The van der Waals surface area contributed by atoms with Crippen molar-refractivity contribution in [2.75, 3.05) is 0 Å². The van der Waals surface area contributed by atoms with Crippen LogP contribution in [0, 0.1) is 13.8 Å².